The summed E-state index contributed by atoms with van der Waals surface area (Å²) in [6.07, 6.45) is 0.560. The van der Waals surface area contributed by atoms with Crippen LogP contribution in [0, 0.1) is 0 Å². The minimum atomic E-state index is -0.389. The molecule has 0 aliphatic carbocycles. The van der Waals surface area contributed by atoms with Crippen molar-refractivity contribution in [1.29, 1.82) is 0 Å². The molecule has 6 nitrogen and oxygen atoms in total. The van der Waals surface area contributed by atoms with E-state index in [0.717, 1.165) is 13.5 Å². The van der Waals surface area contributed by atoms with E-state index in [2.05, 4.69) is 0 Å². The Morgan fingerprint density at radius 1 is 0.789 bits per heavy atom. The van der Waals surface area contributed by atoms with Crippen molar-refractivity contribution in [2.24, 2.45) is 0 Å². The van der Waals surface area contributed by atoms with Crippen LogP contribution in [0.2, 0.25) is 0 Å². The molecule has 0 aromatic carbocycles. The quantitative estimate of drug-likeness (QED) is 0.396. The van der Waals surface area contributed by atoms with Crippen LogP contribution < -0.4 is 34.7 Å². The van der Waals surface area contributed by atoms with Crippen molar-refractivity contribution in [1.82, 2.24) is 0 Å². The predicted octanol–water partition coefficient (Wildman–Crippen LogP) is -3.85. The predicted molar refractivity (Wildman–Crippen MR) is 68.3 cm³/mol. The van der Waals surface area contributed by atoms with Gasteiger partial charge in [0.25, 0.3) is 0 Å². The Labute approximate surface area is 139 Å². The number of rotatable bonds is 8. The number of ether oxygens (including phenoxy) is 2. The van der Waals surface area contributed by atoms with Gasteiger partial charge in [0, 0.05) is 13.2 Å². The van der Waals surface area contributed by atoms with Gasteiger partial charge in [0.1, 0.15) is 6.10 Å². The van der Waals surface area contributed by atoms with E-state index in [4.69, 9.17) is 29.9 Å². The Balaban J connectivity index is -0.0000000999. The summed E-state index contributed by atoms with van der Waals surface area (Å²) in [6, 6.07) is 0. The molecule has 0 radical (unpaired) electrons. The zero-order valence-electron chi connectivity index (χ0n) is 13.0. The third-order valence-electron chi connectivity index (χ3n) is 1.87. The molecule has 1 unspecified atom stereocenters. The van der Waals surface area contributed by atoms with Gasteiger partial charge in [-0.25, -0.2) is 0 Å². The van der Waals surface area contributed by atoms with Crippen molar-refractivity contribution in [3.63, 3.8) is 0 Å². The molecule has 7 heteroatoms. The molecule has 0 fully saturated rings. The van der Waals surface area contributed by atoms with Crippen LogP contribution in [0.25, 0.3) is 0 Å². The number of aliphatic hydroxyl groups excluding tert-OH is 3. The Hall–Kier alpha value is 0.760. The standard InChI is InChI=1S/C6H14O2.C5H12O3.CH3O.Na/c1-3-6(5-7)8-4-2;1-2-8-5(3-6)4-7;1-2;/h6-7H,3-5H2,1-2H3;5-7H,2-4H2,1H3;1H3;/q;;-1;+1. The van der Waals surface area contributed by atoms with Gasteiger partial charge in [-0.3, -0.25) is 0 Å². The summed E-state index contributed by atoms with van der Waals surface area (Å²) < 4.78 is 9.93. The van der Waals surface area contributed by atoms with Crippen molar-refractivity contribution < 1.29 is 59.5 Å². The maximum absolute atomic E-state index is 8.53. The van der Waals surface area contributed by atoms with Crippen molar-refractivity contribution >= 4 is 0 Å². The third-order valence-corrected chi connectivity index (χ3v) is 1.87. The smallest absolute Gasteiger partial charge is 0.857 e. The zero-order chi connectivity index (χ0) is 14.8. The molecular weight excluding hydrogens is 263 g/mol. The van der Waals surface area contributed by atoms with Gasteiger partial charge >= 0.3 is 29.6 Å². The Kier molecular flexibility index (Phi) is 40.0. The average molecular weight is 292 g/mol. The molecule has 0 bridgehead atoms. The fraction of sp³-hybridized carbons (Fsp3) is 1.00. The van der Waals surface area contributed by atoms with E-state index in [0.29, 0.717) is 13.2 Å². The van der Waals surface area contributed by atoms with Crippen LogP contribution in [0.15, 0.2) is 0 Å². The number of hydrogen-bond donors (Lipinski definition) is 3. The van der Waals surface area contributed by atoms with Gasteiger partial charge < -0.3 is 29.9 Å². The third kappa shape index (κ3) is 24.2. The fourth-order valence-corrected chi connectivity index (χ4v) is 0.934. The molecule has 0 spiro atoms. The van der Waals surface area contributed by atoms with E-state index in [1.165, 1.54) is 0 Å². The maximum Gasteiger partial charge on any atom is 1.00 e. The second-order valence-electron chi connectivity index (χ2n) is 3.11. The summed E-state index contributed by atoms with van der Waals surface area (Å²) in [6.45, 7) is 6.90. The first-order valence-corrected chi connectivity index (χ1v) is 6.16. The van der Waals surface area contributed by atoms with Crippen LogP contribution in [-0.2, 0) is 9.47 Å². The molecule has 3 N–H and O–H groups in total. The van der Waals surface area contributed by atoms with Crippen molar-refractivity contribution in [2.45, 2.75) is 39.4 Å². The average Bonchev–Trinajstić information content (AvgIpc) is 2.45. The molecular formula is C12H29NaO6. The summed E-state index contributed by atoms with van der Waals surface area (Å²) in [5.41, 5.74) is 0. The minimum absolute atomic E-state index is 0. The van der Waals surface area contributed by atoms with E-state index in [-0.39, 0.29) is 61.6 Å². The van der Waals surface area contributed by atoms with Crippen LogP contribution in [0.1, 0.15) is 27.2 Å². The maximum atomic E-state index is 8.53. The van der Waals surface area contributed by atoms with Gasteiger partial charge in [-0.2, -0.15) is 7.11 Å². The SMILES string of the molecule is CCOC(CC)CO.CCOC(CO)CO.C[O-].[Na+]. The van der Waals surface area contributed by atoms with Gasteiger partial charge in [0.2, 0.25) is 0 Å². The van der Waals surface area contributed by atoms with Crippen LogP contribution in [0.5, 0.6) is 0 Å². The van der Waals surface area contributed by atoms with E-state index < -0.39 is 0 Å². The van der Waals surface area contributed by atoms with E-state index in [1.54, 1.807) is 0 Å². The molecule has 0 saturated heterocycles. The van der Waals surface area contributed by atoms with Gasteiger partial charge in [-0.1, -0.05) is 6.92 Å². The molecule has 114 valence electrons. The molecule has 0 heterocycles. The molecule has 0 saturated carbocycles. The minimum Gasteiger partial charge on any atom is -0.857 e. The summed E-state index contributed by atoms with van der Waals surface area (Å²) in [5.74, 6) is 0. The molecule has 0 rings (SSSR count). The van der Waals surface area contributed by atoms with Crippen molar-refractivity contribution in [3.8, 4) is 0 Å². The Morgan fingerprint density at radius 2 is 1.11 bits per heavy atom. The van der Waals surface area contributed by atoms with Crippen molar-refractivity contribution in [3.05, 3.63) is 0 Å². The Morgan fingerprint density at radius 3 is 1.21 bits per heavy atom. The molecule has 0 aromatic rings. The molecule has 0 amide bonds. The largest absolute Gasteiger partial charge is 1.00 e. The second kappa shape index (κ2) is 27.2. The van der Waals surface area contributed by atoms with Crippen LogP contribution in [-0.4, -0.2) is 67.7 Å². The second-order valence-corrected chi connectivity index (χ2v) is 3.11. The van der Waals surface area contributed by atoms with Gasteiger partial charge in [0.15, 0.2) is 0 Å². The van der Waals surface area contributed by atoms with Gasteiger partial charge in [-0.05, 0) is 20.3 Å². The van der Waals surface area contributed by atoms with E-state index in [9.17, 15) is 0 Å². The molecule has 0 aliphatic heterocycles. The Bertz CT molecular complexity index is 107. The van der Waals surface area contributed by atoms with E-state index >= 15 is 0 Å². The molecule has 0 aromatic heterocycles. The number of hydrogen-bond acceptors (Lipinski definition) is 6. The van der Waals surface area contributed by atoms with E-state index in [1.807, 2.05) is 20.8 Å². The molecule has 19 heavy (non-hydrogen) atoms. The van der Waals surface area contributed by atoms with Crippen LogP contribution in [0.3, 0.4) is 0 Å². The fourth-order valence-electron chi connectivity index (χ4n) is 0.934. The van der Waals surface area contributed by atoms with Gasteiger partial charge in [-0.15, -0.1) is 0 Å². The zero-order valence-corrected chi connectivity index (χ0v) is 15.0. The first kappa shape index (κ1) is 28.0. The summed E-state index contributed by atoms with van der Waals surface area (Å²) in [5, 5.41) is 33.5. The molecule has 0 aliphatic rings. The molecule has 1 atom stereocenters. The number of aliphatic hydroxyl groups is 3. The topological polar surface area (TPSA) is 102 Å². The normalized spacial score (nSPS) is 10.6. The summed E-state index contributed by atoms with van der Waals surface area (Å²) in [7, 11) is 0.750. The van der Waals surface area contributed by atoms with Gasteiger partial charge in [0.05, 0.1) is 25.9 Å². The van der Waals surface area contributed by atoms with Crippen LogP contribution in [0.4, 0.5) is 0 Å². The van der Waals surface area contributed by atoms with Crippen molar-refractivity contribution in [2.75, 3.05) is 40.1 Å². The first-order valence-electron chi connectivity index (χ1n) is 6.16. The van der Waals surface area contributed by atoms with Crippen LogP contribution >= 0.6 is 0 Å². The monoisotopic (exact) mass is 292 g/mol. The summed E-state index contributed by atoms with van der Waals surface area (Å²) in [4.78, 5) is 0. The first-order chi connectivity index (χ1) is 8.69. The summed E-state index contributed by atoms with van der Waals surface area (Å²) >= 11 is 0.